The lowest BCUT2D eigenvalue weighted by atomic mass is 10.2. The molecule has 0 fully saturated rings. The zero-order valence-electron chi connectivity index (χ0n) is 11.3. The number of aromatic nitrogens is 1. The van der Waals surface area contributed by atoms with Crippen LogP contribution in [-0.4, -0.2) is 28.5 Å². The van der Waals surface area contributed by atoms with Crippen LogP contribution in [0, 0.1) is 0 Å². The second-order valence-electron chi connectivity index (χ2n) is 4.48. The Bertz CT molecular complexity index is 781. The molecule has 2 aromatic carbocycles. The normalized spacial score (nSPS) is 11.3. The van der Waals surface area contributed by atoms with Crippen LogP contribution in [-0.2, 0) is 0 Å². The van der Waals surface area contributed by atoms with E-state index in [-0.39, 0.29) is 11.5 Å². The summed E-state index contributed by atoms with van der Waals surface area (Å²) in [6, 6.07) is 12.2. The third-order valence-electron chi connectivity index (χ3n) is 2.94. The molecule has 0 saturated heterocycles. The van der Waals surface area contributed by atoms with E-state index in [4.69, 9.17) is 0 Å². The van der Waals surface area contributed by atoms with Crippen molar-refractivity contribution < 1.29 is 10.2 Å². The van der Waals surface area contributed by atoms with E-state index in [1.165, 1.54) is 35.8 Å². The molecular formula is C15H13N3O2S. The van der Waals surface area contributed by atoms with E-state index in [1.807, 2.05) is 24.3 Å². The van der Waals surface area contributed by atoms with E-state index in [0.29, 0.717) is 5.56 Å². The van der Waals surface area contributed by atoms with Gasteiger partial charge in [-0.15, -0.1) is 0 Å². The summed E-state index contributed by atoms with van der Waals surface area (Å²) in [5.41, 5.74) is 1.38. The second-order valence-corrected chi connectivity index (χ2v) is 5.48. The van der Waals surface area contributed by atoms with Crippen molar-refractivity contribution in [3.05, 3.63) is 48.0 Å². The fourth-order valence-corrected chi connectivity index (χ4v) is 2.73. The van der Waals surface area contributed by atoms with E-state index >= 15 is 0 Å². The molecule has 0 amide bonds. The molecule has 2 N–H and O–H groups in total. The van der Waals surface area contributed by atoms with Crippen LogP contribution in [0.25, 0.3) is 10.2 Å². The molecule has 0 atom stereocenters. The summed E-state index contributed by atoms with van der Waals surface area (Å²) >= 11 is 1.54. The van der Waals surface area contributed by atoms with Gasteiger partial charge in [0.25, 0.3) is 0 Å². The number of benzene rings is 2. The van der Waals surface area contributed by atoms with Crippen LogP contribution in [0.4, 0.5) is 5.13 Å². The largest absolute Gasteiger partial charge is 0.508 e. The van der Waals surface area contributed by atoms with Crippen LogP contribution in [0.15, 0.2) is 47.6 Å². The number of rotatable bonds is 3. The van der Waals surface area contributed by atoms with E-state index in [9.17, 15) is 10.2 Å². The van der Waals surface area contributed by atoms with Crippen molar-refractivity contribution >= 4 is 32.9 Å². The number of fused-ring (bicyclic) bond motifs is 1. The number of hydrazone groups is 1. The van der Waals surface area contributed by atoms with Gasteiger partial charge in [0.2, 0.25) is 5.13 Å². The van der Waals surface area contributed by atoms with Crippen molar-refractivity contribution in [3.63, 3.8) is 0 Å². The van der Waals surface area contributed by atoms with Gasteiger partial charge in [-0.25, -0.2) is 9.99 Å². The highest BCUT2D eigenvalue weighted by Crippen LogP contribution is 2.28. The van der Waals surface area contributed by atoms with E-state index in [0.717, 1.165) is 15.3 Å². The summed E-state index contributed by atoms with van der Waals surface area (Å²) in [5.74, 6) is 0.145. The van der Waals surface area contributed by atoms with Gasteiger partial charge in [0.05, 0.1) is 16.4 Å². The molecule has 3 rings (SSSR count). The summed E-state index contributed by atoms with van der Waals surface area (Å²) in [7, 11) is 1.79. The Morgan fingerprint density at radius 2 is 2.00 bits per heavy atom. The molecule has 0 unspecified atom stereocenters. The van der Waals surface area contributed by atoms with Crippen LogP contribution in [0.2, 0.25) is 0 Å². The molecule has 106 valence electrons. The number of para-hydroxylation sites is 1. The number of nitrogens with zero attached hydrogens (tertiary/aromatic N) is 3. The van der Waals surface area contributed by atoms with Crippen molar-refractivity contribution in [3.8, 4) is 11.5 Å². The van der Waals surface area contributed by atoms with Gasteiger partial charge in [-0.1, -0.05) is 23.5 Å². The van der Waals surface area contributed by atoms with E-state index in [1.54, 1.807) is 12.1 Å². The zero-order chi connectivity index (χ0) is 14.8. The van der Waals surface area contributed by atoms with Crippen molar-refractivity contribution in [1.82, 2.24) is 4.98 Å². The molecule has 0 radical (unpaired) electrons. The maximum atomic E-state index is 9.70. The van der Waals surface area contributed by atoms with Crippen molar-refractivity contribution in [2.24, 2.45) is 5.10 Å². The number of phenolic OH excluding ortho intramolecular Hbond substituents is 2. The standard InChI is InChI=1S/C15H13N3O2S/c1-18(15-17-12-4-2-3-5-14(12)21-15)16-9-10-8-11(19)6-7-13(10)20/h2-9,19-20H,1H3/b16-9+. The Balaban J connectivity index is 1.86. The Labute approximate surface area is 125 Å². The van der Waals surface area contributed by atoms with Crippen LogP contribution in [0.1, 0.15) is 5.56 Å². The minimum absolute atomic E-state index is 0.0641. The first-order valence-corrected chi connectivity index (χ1v) is 7.10. The lowest BCUT2D eigenvalue weighted by Crippen LogP contribution is -2.08. The highest BCUT2D eigenvalue weighted by Gasteiger charge is 2.07. The Hall–Kier alpha value is -2.60. The molecule has 1 heterocycles. The van der Waals surface area contributed by atoms with Crippen molar-refractivity contribution in [1.29, 1.82) is 0 Å². The smallest absolute Gasteiger partial charge is 0.206 e. The summed E-state index contributed by atoms with van der Waals surface area (Å²) in [6.07, 6.45) is 1.49. The Morgan fingerprint density at radius 3 is 2.81 bits per heavy atom. The molecule has 0 bridgehead atoms. The van der Waals surface area contributed by atoms with Gasteiger partial charge in [0.1, 0.15) is 11.5 Å². The highest BCUT2D eigenvalue weighted by atomic mass is 32.1. The Morgan fingerprint density at radius 1 is 1.19 bits per heavy atom. The fraction of sp³-hybridized carbons (Fsp3) is 0.0667. The number of hydrogen-bond acceptors (Lipinski definition) is 6. The summed E-state index contributed by atoms with van der Waals surface area (Å²) in [4.78, 5) is 4.48. The number of thiazole rings is 1. The van der Waals surface area contributed by atoms with Crippen molar-refractivity contribution in [2.45, 2.75) is 0 Å². The van der Waals surface area contributed by atoms with Gasteiger partial charge < -0.3 is 10.2 Å². The molecule has 1 aromatic heterocycles. The first-order valence-electron chi connectivity index (χ1n) is 6.29. The first-order chi connectivity index (χ1) is 10.1. The second kappa shape index (κ2) is 5.41. The van der Waals surface area contributed by atoms with Crippen LogP contribution < -0.4 is 5.01 Å². The van der Waals surface area contributed by atoms with Gasteiger partial charge in [-0.2, -0.15) is 5.10 Å². The number of anilines is 1. The maximum absolute atomic E-state index is 9.70. The topological polar surface area (TPSA) is 69.0 Å². The maximum Gasteiger partial charge on any atom is 0.206 e. The molecule has 0 aliphatic heterocycles. The Kier molecular flexibility index (Phi) is 3.45. The minimum Gasteiger partial charge on any atom is -0.508 e. The fourth-order valence-electron chi connectivity index (χ4n) is 1.84. The molecule has 3 aromatic rings. The summed E-state index contributed by atoms with van der Waals surface area (Å²) < 4.78 is 1.09. The number of phenols is 2. The lowest BCUT2D eigenvalue weighted by Gasteiger charge is -2.08. The van der Waals surface area contributed by atoms with E-state index < -0.39 is 0 Å². The molecule has 0 saturated carbocycles. The third kappa shape index (κ3) is 2.80. The van der Waals surface area contributed by atoms with Crippen LogP contribution in [0.5, 0.6) is 11.5 Å². The molecule has 6 heteroatoms. The number of hydrogen-bond donors (Lipinski definition) is 2. The average molecular weight is 299 g/mol. The average Bonchev–Trinajstić information content (AvgIpc) is 2.92. The summed E-state index contributed by atoms with van der Waals surface area (Å²) in [6.45, 7) is 0. The molecular weight excluding hydrogens is 286 g/mol. The number of aromatic hydroxyl groups is 2. The van der Waals surface area contributed by atoms with E-state index in [2.05, 4.69) is 10.1 Å². The molecule has 5 nitrogen and oxygen atoms in total. The predicted octanol–water partition coefficient (Wildman–Crippen LogP) is 3.18. The summed E-state index contributed by atoms with van der Waals surface area (Å²) in [5, 5.41) is 25.8. The molecule has 21 heavy (non-hydrogen) atoms. The molecule has 0 aliphatic carbocycles. The predicted molar refractivity (Wildman–Crippen MR) is 85.4 cm³/mol. The molecule has 0 spiro atoms. The van der Waals surface area contributed by atoms with Gasteiger partial charge >= 0.3 is 0 Å². The zero-order valence-corrected chi connectivity index (χ0v) is 12.1. The third-order valence-corrected chi connectivity index (χ3v) is 4.04. The van der Waals surface area contributed by atoms with Gasteiger partial charge in [0.15, 0.2) is 0 Å². The van der Waals surface area contributed by atoms with Gasteiger partial charge in [-0.05, 0) is 30.3 Å². The highest BCUT2D eigenvalue weighted by molar-refractivity contribution is 7.22. The minimum atomic E-state index is 0.0641. The van der Waals surface area contributed by atoms with Gasteiger partial charge in [-0.3, -0.25) is 0 Å². The van der Waals surface area contributed by atoms with Crippen LogP contribution in [0.3, 0.4) is 0 Å². The van der Waals surface area contributed by atoms with Crippen LogP contribution >= 0.6 is 11.3 Å². The van der Waals surface area contributed by atoms with Crippen molar-refractivity contribution in [2.75, 3.05) is 12.1 Å². The van der Waals surface area contributed by atoms with Gasteiger partial charge in [0, 0.05) is 12.6 Å². The monoisotopic (exact) mass is 299 g/mol. The lowest BCUT2D eigenvalue weighted by molar-refractivity contribution is 0.459. The molecule has 0 aliphatic rings. The first kappa shape index (κ1) is 13.4. The SMILES string of the molecule is CN(/N=C/c1cc(O)ccc1O)c1nc2ccccc2s1. The quantitative estimate of drug-likeness (QED) is 0.443.